The van der Waals surface area contributed by atoms with E-state index >= 15 is 0 Å². The molecular weight excluding hydrogens is 140 g/mol. The fraction of sp³-hybridized carbons (Fsp3) is 1.00. The molecule has 0 radical (unpaired) electrons. The van der Waals surface area contributed by atoms with E-state index in [9.17, 15) is 5.11 Å². The second kappa shape index (κ2) is 4.04. The van der Waals surface area contributed by atoms with Crippen molar-refractivity contribution in [1.82, 2.24) is 0 Å². The molecule has 11 heavy (non-hydrogen) atoms. The highest BCUT2D eigenvalue weighted by Crippen LogP contribution is 2.10. The van der Waals surface area contributed by atoms with Gasteiger partial charge in [-0.1, -0.05) is 13.3 Å². The number of hydrogen-bond donors (Lipinski definition) is 3. The van der Waals surface area contributed by atoms with Gasteiger partial charge in [0.25, 0.3) is 0 Å². The highest BCUT2D eigenvalue weighted by Gasteiger charge is 2.27. The number of hydrogen-bond acceptors (Lipinski definition) is 3. The van der Waals surface area contributed by atoms with E-state index in [4.69, 9.17) is 11.5 Å². The minimum Gasteiger partial charge on any atom is -0.391 e. The summed E-state index contributed by atoms with van der Waals surface area (Å²) in [5, 5.41) is 9.45. The molecule has 0 saturated carbocycles. The van der Waals surface area contributed by atoms with Gasteiger partial charge in [-0.2, -0.15) is 0 Å². The first-order valence-electron chi connectivity index (χ1n) is 4.12. The molecule has 0 fully saturated rings. The lowest BCUT2D eigenvalue weighted by atomic mass is 9.90. The van der Waals surface area contributed by atoms with Gasteiger partial charge >= 0.3 is 0 Å². The molecule has 0 aliphatic heterocycles. The lowest BCUT2D eigenvalue weighted by molar-refractivity contribution is 0.105. The summed E-state index contributed by atoms with van der Waals surface area (Å²) >= 11 is 0. The molecule has 0 amide bonds. The van der Waals surface area contributed by atoms with Crippen molar-refractivity contribution in [3.8, 4) is 0 Å². The lowest BCUT2D eigenvalue weighted by Gasteiger charge is -2.30. The molecule has 3 nitrogen and oxygen atoms in total. The van der Waals surface area contributed by atoms with Crippen LogP contribution in [0.2, 0.25) is 0 Å². The van der Waals surface area contributed by atoms with Crippen LogP contribution in [0.15, 0.2) is 0 Å². The predicted molar refractivity (Wildman–Crippen MR) is 47.2 cm³/mol. The van der Waals surface area contributed by atoms with Crippen LogP contribution in [0.4, 0.5) is 0 Å². The predicted octanol–water partition coefficient (Wildman–Crippen LogP) is 0.212. The number of aliphatic hydroxyl groups is 1. The number of rotatable bonds is 4. The molecule has 5 N–H and O–H groups in total. The normalized spacial score (nSPS) is 18.0. The van der Waals surface area contributed by atoms with Crippen molar-refractivity contribution in [3.05, 3.63) is 0 Å². The van der Waals surface area contributed by atoms with Gasteiger partial charge in [0.2, 0.25) is 0 Å². The zero-order valence-electron chi connectivity index (χ0n) is 7.67. The van der Waals surface area contributed by atoms with Crippen molar-refractivity contribution in [3.63, 3.8) is 0 Å². The van der Waals surface area contributed by atoms with Gasteiger partial charge in [0.1, 0.15) is 0 Å². The molecule has 0 rings (SSSR count). The summed E-state index contributed by atoms with van der Waals surface area (Å²) in [5.41, 5.74) is 10.9. The lowest BCUT2D eigenvalue weighted by Crippen LogP contribution is -2.56. The summed E-state index contributed by atoms with van der Waals surface area (Å²) in [7, 11) is 0. The molecule has 0 aromatic carbocycles. The van der Waals surface area contributed by atoms with Gasteiger partial charge in [0, 0.05) is 11.6 Å². The Morgan fingerprint density at radius 3 is 2.18 bits per heavy atom. The van der Waals surface area contributed by atoms with Gasteiger partial charge in [-0.15, -0.1) is 0 Å². The third-order valence-corrected chi connectivity index (χ3v) is 1.86. The average Bonchev–Trinajstić information content (AvgIpc) is 1.85. The first-order chi connectivity index (χ1) is 4.89. The highest BCUT2D eigenvalue weighted by molar-refractivity contribution is 4.90. The van der Waals surface area contributed by atoms with Crippen molar-refractivity contribution >= 4 is 0 Å². The Labute approximate surface area is 68.8 Å². The molecule has 0 bridgehead atoms. The Hall–Kier alpha value is -0.120. The van der Waals surface area contributed by atoms with E-state index in [1.165, 1.54) is 0 Å². The van der Waals surface area contributed by atoms with Crippen LogP contribution in [0.5, 0.6) is 0 Å². The summed E-state index contributed by atoms with van der Waals surface area (Å²) in [4.78, 5) is 0. The Balaban J connectivity index is 3.91. The van der Waals surface area contributed by atoms with Gasteiger partial charge in [-0.3, -0.25) is 0 Å². The third-order valence-electron chi connectivity index (χ3n) is 1.86. The fourth-order valence-electron chi connectivity index (χ4n) is 0.971. The SMILES string of the molecule is CCCC(O)C(N)C(C)(C)N. The monoisotopic (exact) mass is 160 g/mol. The quantitative estimate of drug-likeness (QED) is 0.550. The Morgan fingerprint density at radius 1 is 1.45 bits per heavy atom. The van der Waals surface area contributed by atoms with Crippen molar-refractivity contribution in [2.45, 2.75) is 51.3 Å². The van der Waals surface area contributed by atoms with Crippen LogP contribution in [0.3, 0.4) is 0 Å². The molecule has 0 heterocycles. The van der Waals surface area contributed by atoms with Crippen molar-refractivity contribution in [1.29, 1.82) is 0 Å². The van der Waals surface area contributed by atoms with Crippen molar-refractivity contribution < 1.29 is 5.11 Å². The second-order valence-corrected chi connectivity index (χ2v) is 3.70. The Bertz CT molecular complexity index is 109. The molecule has 0 saturated heterocycles. The van der Waals surface area contributed by atoms with Crippen LogP contribution in [0, 0.1) is 0 Å². The van der Waals surface area contributed by atoms with Crippen LogP contribution in [0.25, 0.3) is 0 Å². The van der Waals surface area contributed by atoms with Crippen LogP contribution in [0.1, 0.15) is 33.6 Å². The molecule has 68 valence electrons. The molecular formula is C8H20N2O. The summed E-state index contributed by atoms with van der Waals surface area (Å²) in [6.07, 6.45) is 1.19. The summed E-state index contributed by atoms with van der Waals surface area (Å²) in [6, 6.07) is -0.331. The van der Waals surface area contributed by atoms with Crippen LogP contribution in [-0.2, 0) is 0 Å². The Morgan fingerprint density at radius 2 is 1.91 bits per heavy atom. The summed E-state index contributed by atoms with van der Waals surface area (Å²) in [5.74, 6) is 0. The van der Waals surface area contributed by atoms with E-state index in [1.807, 2.05) is 20.8 Å². The molecule has 2 unspecified atom stereocenters. The molecule has 2 atom stereocenters. The molecule has 0 aliphatic rings. The van der Waals surface area contributed by atoms with Crippen molar-refractivity contribution in [2.24, 2.45) is 11.5 Å². The maximum absolute atomic E-state index is 9.45. The van der Waals surface area contributed by atoms with Crippen molar-refractivity contribution in [2.75, 3.05) is 0 Å². The zero-order valence-corrected chi connectivity index (χ0v) is 7.67. The Kier molecular flexibility index (Phi) is 4.00. The molecule has 3 heteroatoms. The van der Waals surface area contributed by atoms with Crippen LogP contribution in [-0.4, -0.2) is 22.8 Å². The van der Waals surface area contributed by atoms with E-state index < -0.39 is 11.6 Å². The minimum atomic E-state index is -0.491. The standard InChI is InChI=1S/C8H20N2O/c1-4-5-6(11)7(9)8(2,3)10/h6-7,11H,4-5,9-10H2,1-3H3. The smallest absolute Gasteiger partial charge is 0.0708 e. The second-order valence-electron chi connectivity index (χ2n) is 3.70. The van der Waals surface area contributed by atoms with E-state index in [0.29, 0.717) is 0 Å². The maximum atomic E-state index is 9.45. The van der Waals surface area contributed by atoms with E-state index in [-0.39, 0.29) is 6.04 Å². The number of aliphatic hydroxyl groups excluding tert-OH is 1. The molecule has 0 spiro atoms. The third kappa shape index (κ3) is 3.70. The van der Waals surface area contributed by atoms with Gasteiger partial charge in [0.05, 0.1) is 6.10 Å². The fourth-order valence-corrected chi connectivity index (χ4v) is 0.971. The molecule has 0 aromatic rings. The largest absolute Gasteiger partial charge is 0.391 e. The van der Waals surface area contributed by atoms with Gasteiger partial charge in [-0.05, 0) is 20.3 Å². The van der Waals surface area contributed by atoms with Gasteiger partial charge in [-0.25, -0.2) is 0 Å². The molecule has 0 aliphatic carbocycles. The highest BCUT2D eigenvalue weighted by atomic mass is 16.3. The minimum absolute atomic E-state index is 0.331. The van der Waals surface area contributed by atoms with Gasteiger partial charge in [0.15, 0.2) is 0 Å². The number of nitrogens with two attached hydrogens (primary N) is 2. The maximum Gasteiger partial charge on any atom is 0.0708 e. The topological polar surface area (TPSA) is 72.3 Å². The average molecular weight is 160 g/mol. The van der Waals surface area contributed by atoms with E-state index in [0.717, 1.165) is 12.8 Å². The summed E-state index contributed by atoms with van der Waals surface area (Å²) < 4.78 is 0. The van der Waals surface area contributed by atoms with Crippen LogP contribution < -0.4 is 11.5 Å². The van der Waals surface area contributed by atoms with Crippen LogP contribution >= 0.6 is 0 Å². The van der Waals surface area contributed by atoms with E-state index in [2.05, 4.69) is 0 Å². The zero-order chi connectivity index (χ0) is 9.07. The first-order valence-corrected chi connectivity index (χ1v) is 4.12. The first kappa shape index (κ1) is 10.9. The van der Waals surface area contributed by atoms with E-state index in [1.54, 1.807) is 0 Å². The summed E-state index contributed by atoms with van der Waals surface area (Å²) in [6.45, 7) is 5.67. The molecule has 0 aromatic heterocycles. The van der Waals surface area contributed by atoms with Gasteiger partial charge < -0.3 is 16.6 Å².